The lowest BCUT2D eigenvalue weighted by molar-refractivity contribution is -0.162. The van der Waals surface area contributed by atoms with Gasteiger partial charge in [0, 0.05) is 11.8 Å². The van der Waals surface area contributed by atoms with Gasteiger partial charge in [-0.15, -0.1) is 0 Å². The molecule has 25 heavy (non-hydrogen) atoms. The van der Waals surface area contributed by atoms with Gasteiger partial charge in [0.25, 0.3) is 0 Å². The summed E-state index contributed by atoms with van der Waals surface area (Å²) in [7, 11) is 1.50. The third kappa shape index (κ3) is 2.38. The van der Waals surface area contributed by atoms with Gasteiger partial charge in [-0.05, 0) is 29.8 Å². The van der Waals surface area contributed by atoms with Gasteiger partial charge in [-0.3, -0.25) is 9.69 Å². The minimum atomic E-state index is -3.46. The van der Waals surface area contributed by atoms with Crippen LogP contribution >= 0.6 is 0 Å². The van der Waals surface area contributed by atoms with Crippen LogP contribution < -0.4 is 19.1 Å². The molecule has 2 aliphatic rings. The van der Waals surface area contributed by atoms with Crippen molar-refractivity contribution in [1.29, 1.82) is 0 Å². The molecule has 1 amide bonds. The molecule has 0 radical (unpaired) electrons. The van der Waals surface area contributed by atoms with Crippen LogP contribution in [0.3, 0.4) is 0 Å². The molecule has 1 unspecified atom stereocenters. The lowest BCUT2D eigenvalue weighted by Gasteiger charge is -2.46. The van der Waals surface area contributed by atoms with E-state index in [4.69, 9.17) is 14.2 Å². The van der Waals surface area contributed by atoms with Crippen molar-refractivity contribution in [3.8, 4) is 17.2 Å². The number of halogens is 2. The first-order chi connectivity index (χ1) is 12.0. The fourth-order valence-corrected chi connectivity index (χ4v) is 3.08. The zero-order valence-electron chi connectivity index (χ0n) is 13.4. The number of carbonyl (C=O) groups is 1. The van der Waals surface area contributed by atoms with Crippen LogP contribution in [0.2, 0.25) is 0 Å². The van der Waals surface area contributed by atoms with Crippen LogP contribution in [0.4, 0.5) is 14.5 Å². The summed E-state index contributed by atoms with van der Waals surface area (Å²) in [5.74, 6) is -3.15. The number of rotatable bonds is 3. The Hall–Kier alpha value is -2.83. The van der Waals surface area contributed by atoms with E-state index < -0.39 is 17.9 Å². The van der Waals surface area contributed by atoms with Crippen molar-refractivity contribution in [3.63, 3.8) is 0 Å². The van der Waals surface area contributed by atoms with Crippen LogP contribution in [-0.4, -0.2) is 32.2 Å². The molecular formula is C18H15F2NO4. The first-order valence-corrected chi connectivity index (χ1v) is 7.77. The Morgan fingerprint density at radius 1 is 1.08 bits per heavy atom. The summed E-state index contributed by atoms with van der Waals surface area (Å²) in [5, 5.41) is 0. The van der Waals surface area contributed by atoms with E-state index in [1.807, 2.05) is 0 Å². The molecule has 0 N–H and O–H groups in total. The Kier molecular flexibility index (Phi) is 3.52. The third-order valence-electron chi connectivity index (χ3n) is 4.34. The number of ether oxygens (including phenoxy) is 3. The van der Waals surface area contributed by atoms with Gasteiger partial charge >= 0.3 is 11.8 Å². The summed E-state index contributed by atoms with van der Waals surface area (Å²) in [6.07, 6.45) is 0. The van der Waals surface area contributed by atoms with E-state index in [-0.39, 0.29) is 0 Å². The predicted molar refractivity (Wildman–Crippen MR) is 85.6 cm³/mol. The largest absolute Gasteiger partial charge is 0.497 e. The minimum absolute atomic E-state index is 0.334. The molecule has 130 valence electrons. The van der Waals surface area contributed by atoms with E-state index in [2.05, 4.69) is 0 Å². The number of hydrogen-bond donors (Lipinski definition) is 0. The number of amides is 1. The third-order valence-corrected chi connectivity index (χ3v) is 4.34. The lowest BCUT2D eigenvalue weighted by atomic mass is 9.89. The molecule has 0 aliphatic carbocycles. The molecular weight excluding hydrogens is 332 g/mol. The van der Waals surface area contributed by atoms with Crippen molar-refractivity contribution >= 4 is 11.6 Å². The Labute approximate surface area is 142 Å². The second-order valence-corrected chi connectivity index (χ2v) is 5.80. The molecule has 1 fully saturated rings. The summed E-state index contributed by atoms with van der Waals surface area (Å²) >= 11 is 0. The summed E-state index contributed by atoms with van der Waals surface area (Å²) in [4.78, 5) is 13.1. The topological polar surface area (TPSA) is 48.0 Å². The normalized spacial score (nSPS) is 20.8. The maximum Gasteiger partial charge on any atom is 0.349 e. The number of nitrogens with zero attached hydrogens (tertiary/aromatic N) is 1. The van der Waals surface area contributed by atoms with E-state index in [1.54, 1.807) is 30.3 Å². The highest BCUT2D eigenvalue weighted by Gasteiger charge is 2.64. The molecule has 2 heterocycles. The van der Waals surface area contributed by atoms with Crippen LogP contribution in [0.5, 0.6) is 17.2 Å². The Balaban J connectivity index is 1.71. The number of anilines is 1. The fraction of sp³-hybridized carbons (Fsp3) is 0.278. The lowest BCUT2D eigenvalue weighted by Crippen LogP contribution is -2.64. The highest BCUT2D eigenvalue weighted by molar-refractivity contribution is 6.07. The van der Waals surface area contributed by atoms with E-state index in [0.717, 1.165) is 4.90 Å². The van der Waals surface area contributed by atoms with E-state index >= 15 is 0 Å². The van der Waals surface area contributed by atoms with Crippen molar-refractivity contribution in [2.24, 2.45) is 0 Å². The van der Waals surface area contributed by atoms with Crippen molar-refractivity contribution in [3.05, 3.63) is 48.0 Å². The molecule has 2 aromatic rings. The number of fused-ring (bicyclic) bond motifs is 1. The van der Waals surface area contributed by atoms with Gasteiger partial charge < -0.3 is 14.2 Å². The van der Waals surface area contributed by atoms with Crippen LogP contribution in [0.15, 0.2) is 42.5 Å². The monoisotopic (exact) mass is 347 g/mol. The van der Waals surface area contributed by atoms with E-state index in [0.29, 0.717) is 41.7 Å². The van der Waals surface area contributed by atoms with Gasteiger partial charge in [-0.1, -0.05) is 12.1 Å². The first-order valence-electron chi connectivity index (χ1n) is 7.77. The first kappa shape index (κ1) is 15.7. The summed E-state index contributed by atoms with van der Waals surface area (Å²) < 4.78 is 44.5. The molecule has 4 rings (SSSR count). The molecule has 0 spiro atoms. The molecule has 7 heteroatoms. The molecule has 2 aliphatic heterocycles. The van der Waals surface area contributed by atoms with Crippen LogP contribution in [-0.2, 0) is 4.79 Å². The van der Waals surface area contributed by atoms with Crippen LogP contribution in [0.25, 0.3) is 0 Å². The number of β-lactam (4-membered cyclic amide) rings is 1. The second-order valence-electron chi connectivity index (χ2n) is 5.80. The maximum absolute atomic E-state index is 14.3. The van der Waals surface area contributed by atoms with Gasteiger partial charge in [0.15, 0.2) is 11.5 Å². The van der Waals surface area contributed by atoms with E-state index in [9.17, 15) is 13.6 Å². The molecule has 2 aromatic carbocycles. The van der Waals surface area contributed by atoms with E-state index in [1.165, 1.54) is 19.2 Å². The Morgan fingerprint density at radius 2 is 1.76 bits per heavy atom. The van der Waals surface area contributed by atoms with Crippen molar-refractivity contribution in [2.45, 2.75) is 12.0 Å². The fourth-order valence-electron chi connectivity index (χ4n) is 3.08. The number of carbonyl (C=O) groups excluding carboxylic acids is 1. The quantitative estimate of drug-likeness (QED) is 0.800. The smallest absolute Gasteiger partial charge is 0.349 e. The number of benzene rings is 2. The van der Waals surface area contributed by atoms with Crippen molar-refractivity contribution < 1.29 is 27.8 Å². The molecule has 0 aromatic heterocycles. The highest BCUT2D eigenvalue weighted by atomic mass is 19.3. The van der Waals surface area contributed by atoms with Crippen LogP contribution in [0.1, 0.15) is 11.6 Å². The highest BCUT2D eigenvalue weighted by Crippen LogP contribution is 2.51. The Bertz CT molecular complexity index is 822. The molecule has 1 atom stereocenters. The number of methoxy groups -OCH3 is 1. The van der Waals surface area contributed by atoms with Gasteiger partial charge in [-0.2, -0.15) is 8.78 Å². The second kappa shape index (κ2) is 5.61. The van der Waals surface area contributed by atoms with Gasteiger partial charge in [-0.25, -0.2) is 0 Å². The van der Waals surface area contributed by atoms with Crippen LogP contribution in [0, 0.1) is 0 Å². The summed E-state index contributed by atoms with van der Waals surface area (Å²) in [5.41, 5.74) is 0.682. The minimum Gasteiger partial charge on any atom is -0.497 e. The molecule has 5 nitrogen and oxygen atoms in total. The molecule has 0 bridgehead atoms. The summed E-state index contributed by atoms with van der Waals surface area (Å²) in [6.45, 7) is 0.810. The zero-order valence-corrected chi connectivity index (χ0v) is 13.4. The SMILES string of the molecule is COc1ccc(C2N(c3ccc4c(c3)OCCO4)C(=O)C2(F)F)cc1. The zero-order chi connectivity index (χ0) is 17.6. The van der Waals surface area contributed by atoms with Gasteiger partial charge in [0.05, 0.1) is 7.11 Å². The van der Waals surface area contributed by atoms with Crippen molar-refractivity contribution in [1.82, 2.24) is 0 Å². The average molecular weight is 347 g/mol. The Morgan fingerprint density at radius 3 is 2.44 bits per heavy atom. The number of hydrogen-bond acceptors (Lipinski definition) is 4. The molecule has 1 saturated heterocycles. The maximum atomic E-state index is 14.3. The summed E-state index contributed by atoms with van der Waals surface area (Å²) in [6, 6.07) is 9.65. The van der Waals surface area contributed by atoms with Gasteiger partial charge in [0.1, 0.15) is 25.0 Å². The molecule has 0 saturated carbocycles. The van der Waals surface area contributed by atoms with Crippen molar-refractivity contribution in [2.75, 3.05) is 25.2 Å². The predicted octanol–water partition coefficient (Wildman–Crippen LogP) is 3.19. The number of alkyl halides is 2. The standard InChI is InChI=1S/C18H15F2NO4/c1-23-13-5-2-11(3-6-13)16-18(19,20)17(22)21(16)12-4-7-14-15(10-12)25-9-8-24-14/h2-7,10,16H,8-9H2,1H3. The van der Waals surface area contributed by atoms with Gasteiger partial charge in [0.2, 0.25) is 0 Å². The average Bonchev–Trinajstić information content (AvgIpc) is 2.65.